The number of fused-ring (bicyclic) bond motifs is 2. The van der Waals surface area contributed by atoms with Gasteiger partial charge < -0.3 is 19.3 Å². The molecule has 37 heavy (non-hydrogen) atoms. The molecule has 0 bridgehead atoms. The molecule has 2 aliphatic heterocycles. The van der Waals surface area contributed by atoms with E-state index in [1.54, 1.807) is 17.0 Å². The summed E-state index contributed by atoms with van der Waals surface area (Å²) in [5.41, 5.74) is 2.35. The van der Waals surface area contributed by atoms with Crippen molar-refractivity contribution in [3.63, 3.8) is 0 Å². The number of nitrogens with zero attached hydrogens (tertiary/aromatic N) is 7. The van der Waals surface area contributed by atoms with Gasteiger partial charge in [-0.3, -0.25) is 4.79 Å². The number of carbonyl (C=O) groups is 1. The lowest BCUT2D eigenvalue weighted by molar-refractivity contribution is -0.133. The molecule has 11 heteroatoms. The molecule has 1 amide bonds. The first-order valence-electron chi connectivity index (χ1n) is 12.2. The van der Waals surface area contributed by atoms with Crippen LogP contribution in [0.5, 0.6) is 11.5 Å². The third kappa shape index (κ3) is 4.41. The number of para-hydroxylation sites is 1. The molecule has 2 aliphatic rings. The molecule has 4 aromatic rings. The molecule has 2 aromatic heterocycles. The van der Waals surface area contributed by atoms with Crippen molar-refractivity contribution in [1.82, 2.24) is 29.9 Å². The molecular weight excluding hydrogens is 477 g/mol. The van der Waals surface area contributed by atoms with Gasteiger partial charge in [-0.25, -0.2) is 14.4 Å². The summed E-state index contributed by atoms with van der Waals surface area (Å²) in [6.07, 6.45) is 2.26. The van der Waals surface area contributed by atoms with Crippen molar-refractivity contribution in [3.8, 4) is 17.2 Å². The van der Waals surface area contributed by atoms with Gasteiger partial charge in [0.05, 0.1) is 5.69 Å². The van der Waals surface area contributed by atoms with E-state index in [2.05, 4.69) is 25.2 Å². The topological polar surface area (TPSA) is 98.5 Å². The molecule has 6 rings (SSSR count). The first kappa shape index (κ1) is 23.1. The number of anilines is 1. The van der Waals surface area contributed by atoms with E-state index >= 15 is 0 Å². The molecule has 10 nitrogen and oxygen atoms in total. The van der Waals surface area contributed by atoms with Crippen molar-refractivity contribution in [2.45, 2.75) is 25.9 Å². The second-order valence-electron chi connectivity index (χ2n) is 9.79. The Morgan fingerprint density at radius 1 is 1.11 bits per heavy atom. The number of ether oxygens (including phenoxy) is 2. The highest BCUT2D eigenvalue weighted by Gasteiger charge is 2.33. The Bertz CT molecular complexity index is 1480. The van der Waals surface area contributed by atoms with Crippen LogP contribution in [0.2, 0.25) is 0 Å². The van der Waals surface area contributed by atoms with Gasteiger partial charge >= 0.3 is 0 Å². The maximum atomic E-state index is 13.7. The fourth-order valence-electron chi connectivity index (χ4n) is 4.85. The van der Waals surface area contributed by atoms with Gasteiger partial charge in [0.1, 0.15) is 17.7 Å². The summed E-state index contributed by atoms with van der Waals surface area (Å²) < 4.78 is 27.1. The van der Waals surface area contributed by atoms with Crippen molar-refractivity contribution in [2.24, 2.45) is 0 Å². The van der Waals surface area contributed by atoms with Gasteiger partial charge in [0, 0.05) is 38.2 Å². The molecule has 1 fully saturated rings. The quantitative estimate of drug-likeness (QED) is 0.410. The molecular formula is C26H26FN7O3. The van der Waals surface area contributed by atoms with Gasteiger partial charge in [-0.15, -0.1) is 5.10 Å². The second kappa shape index (κ2) is 8.99. The number of hydrogen-bond acceptors (Lipinski definition) is 8. The molecule has 0 radical (unpaired) electrons. The van der Waals surface area contributed by atoms with Gasteiger partial charge in [-0.1, -0.05) is 23.4 Å². The lowest BCUT2D eigenvalue weighted by Crippen LogP contribution is -2.50. The number of piperazine rings is 1. The third-order valence-corrected chi connectivity index (χ3v) is 6.61. The van der Waals surface area contributed by atoms with E-state index in [0.717, 1.165) is 17.7 Å². The van der Waals surface area contributed by atoms with Crippen LogP contribution in [0.3, 0.4) is 0 Å². The Balaban J connectivity index is 1.11. The predicted octanol–water partition coefficient (Wildman–Crippen LogP) is 2.79. The van der Waals surface area contributed by atoms with E-state index < -0.39 is 0 Å². The third-order valence-electron chi connectivity index (χ3n) is 6.61. The van der Waals surface area contributed by atoms with E-state index in [0.29, 0.717) is 54.6 Å². The fourth-order valence-corrected chi connectivity index (χ4v) is 4.85. The zero-order valence-corrected chi connectivity index (χ0v) is 20.6. The Morgan fingerprint density at radius 3 is 2.73 bits per heavy atom. The molecule has 4 heterocycles. The Morgan fingerprint density at radius 2 is 1.92 bits per heavy atom. The number of benzene rings is 2. The summed E-state index contributed by atoms with van der Waals surface area (Å²) in [6, 6.07) is 11.9. The average molecular weight is 504 g/mol. The predicted molar refractivity (Wildman–Crippen MR) is 134 cm³/mol. The highest BCUT2D eigenvalue weighted by atomic mass is 19.1. The molecule has 0 unspecified atom stereocenters. The maximum absolute atomic E-state index is 13.7. The van der Waals surface area contributed by atoms with Gasteiger partial charge in [-0.2, -0.15) is 4.68 Å². The summed E-state index contributed by atoms with van der Waals surface area (Å²) in [7, 11) is 0. The summed E-state index contributed by atoms with van der Waals surface area (Å²) in [5, 5.41) is 8.44. The van der Waals surface area contributed by atoms with Crippen molar-refractivity contribution >= 4 is 22.9 Å². The molecule has 0 saturated carbocycles. The summed E-state index contributed by atoms with van der Waals surface area (Å²) in [6.45, 7) is 6.19. The van der Waals surface area contributed by atoms with Crippen molar-refractivity contribution in [2.75, 3.05) is 37.7 Å². The Kier molecular flexibility index (Phi) is 5.62. The van der Waals surface area contributed by atoms with Crippen LogP contribution in [-0.4, -0.2) is 74.2 Å². The standard InChI is InChI=1S/C26H26FN7O3/c1-26(2)14-17-5-3-8-20(23(17)37-26)36-15-21(35)32-9-11-33(12-10-32)24-22-25(29-16-28-24)34(31-30-22)19-7-4-6-18(27)13-19/h3-8,13,16H,9-12,14-15H2,1-2H3. The SMILES string of the molecule is CC1(C)Cc2cccc(OCC(=O)N3CCN(c4ncnc5c4nnn5-c4cccc(F)c4)CC3)c2O1. The van der Waals surface area contributed by atoms with Gasteiger partial charge in [-0.05, 0) is 38.1 Å². The van der Waals surface area contributed by atoms with Crippen LogP contribution in [0.15, 0.2) is 48.8 Å². The van der Waals surface area contributed by atoms with Gasteiger partial charge in [0.15, 0.2) is 35.1 Å². The summed E-state index contributed by atoms with van der Waals surface area (Å²) in [4.78, 5) is 25.5. The number of hydrogen-bond donors (Lipinski definition) is 0. The van der Waals surface area contributed by atoms with Crippen LogP contribution in [0.4, 0.5) is 10.2 Å². The normalized spacial score (nSPS) is 16.5. The fraction of sp³-hybridized carbons (Fsp3) is 0.346. The van der Waals surface area contributed by atoms with Gasteiger partial charge in [0.25, 0.3) is 5.91 Å². The van der Waals surface area contributed by atoms with Crippen LogP contribution in [0, 0.1) is 5.82 Å². The highest BCUT2D eigenvalue weighted by Crippen LogP contribution is 2.41. The molecule has 190 valence electrons. The van der Waals surface area contributed by atoms with E-state index in [9.17, 15) is 9.18 Å². The molecule has 0 aliphatic carbocycles. The number of aromatic nitrogens is 5. The monoisotopic (exact) mass is 503 g/mol. The highest BCUT2D eigenvalue weighted by molar-refractivity contribution is 5.84. The number of rotatable bonds is 5. The first-order chi connectivity index (χ1) is 17.9. The Hall–Kier alpha value is -4.28. The lowest BCUT2D eigenvalue weighted by Gasteiger charge is -2.35. The van der Waals surface area contributed by atoms with Crippen LogP contribution in [-0.2, 0) is 11.2 Å². The van der Waals surface area contributed by atoms with Crippen LogP contribution < -0.4 is 14.4 Å². The minimum Gasteiger partial charge on any atom is -0.483 e. The molecule has 0 N–H and O–H groups in total. The van der Waals surface area contributed by atoms with Crippen molar-refractivity contribution < 1.29 is 18.7 Å². The van der Waals surface area contributed by atoms with Crippen molar-refractivity contribution in [1.29, 1.82) is 0 Å². The lowest BCUT2D eigenvalue weighted by atomic mass is 10.0. The average Bonchev–Trinajstić information content (AvgIpc) is 3.47. The van der Waals surface area contributed by atoms with Crippen LogP contribution in [0.1, 0.15) is 19.4 Å². The smallest absolute Gasteiger partial charge is 0.260 e. The minimum atomic E-state index is -0.367. The summed E-state index contributed by atoms with van der Waals surface area (Å²) in [5.74, 6) is 1.51. The number of halogens is 1. The zero-order chi connectivity index (χ0) is 25.6. The van der Waals surface area contributed by atoms with Crippen molar-refractivity contribution in [3.05, 3.63) is 60.2 Å². The van der Waals surface area contributed by atoms with Gasteiger partial charge in [0.2, 0.25) is 0 Å². The van der Waals surface area contributed by atoms with E-state index in [-0.39, 0.29) is 23.9 Å². The molecule has 0 spiro atoms. The van der Waals surface area contributed by atoms with E-state index in [1.165, 1.54) is 23.1 Å². The first-order valence-corrected chi connectivity index (χ1v) is 12.2. The maximum Gasteiger partial charge on any atom is 0.260 e. The van der Waals surface area contributed by atoms with E-state index in [4.69, 9.17) is 9.47 Å². The molecule has 2 aromatic carbocycles. The van der Waals surface area contributed by atoms with Crippen LogP contribution in [0.25, 0.3) is 16.9 Å². The zero-order valence-electron chi connectivity index (χ0n) is 20.6. The second-order valence-corrected chi connectivity index (χ2v) is 9.79. The van der Waals surface area contributed by atoms with Crippen LogP contribution >= 0.6 is 0 Å². The Labute approximate surface area is 212 Å². The number of amides is 1. The largest absolute Gasteiger partial charge is 0.483 e. The summed E-state index contributed by atoms with van der Waals surface area (Å²) >= 11 is 0. The number of carbonyl (C=O) groups excluding carboxylic acids is 1. The van der Waals surface area contributed by atoms with E-state index in [1.807, 2.05) is 32.0 Å². The minimum absolute atomic E-state index is 0.0556. The molecule has 0 atom stereocenters. The molecule has 1 saturated heterocycles.